The summed E-state index contributed by atoms with van der Waals surface area (Å²) in [5.74, 6) is 0.282. The molecule has 0 aliphatic carbocycles. The zero-order valence-corrected chi connectivity index (χ0v) is 11.1. The van der Waals surface area contributed by atoms with Crippen molar-refractivity contribution in [3.63, 3.8) is 0 Å². The number of rotatable bonds is 3. The molecule has 1 amide bonds. The molecule has 0 spiro atoms. The number of aryl methyl sites for hydroxylation is 1. The predicted molar refractivity (Wildman–Crippen MR) is 74.2 cm³/mol. The second-order valence-electron chi connectivity index (χ2n) is 5.18. The number of carbonyl (C=O) groups excluding carboxylic acids is 1. The summed E-state index contributed by atoms with van der Waals surface area (Å²) in [6, 6.07) is 8.21. The van der Waals surface area contributed by atoms with Gasteiger partial charge in [0.2, 0.25) is 5.91 Å². The first kappa shape index (κ1) is 12.9. The fourth-order valence-corrected chi connectivity index (χ4v) is 2.61. The number of likely N-dealkylation sites (tertiary alicyclic amines) is 1. The first-order valence-electron chi connectivity index (χ1n) is 6.80. The van der Waals surface area contributed by atoms with E-state index in [1.54, 1.807) is 0 Å². The van der Waals surface area contributed by atoms with E-state index in [0.717, 1.165) is 37.1 Å². The van der Waals surface area contributed by atoms with E-state index in [4.69, 9.17) is 5.73 Å². The Bertz CT molecular complexity index is 417. The van der Waals surface area contributed by atoms with Crippen LogP contribution in [0.15, 0.2) is 24.3 Å². The Labute approximate surface area is 109 Å². The number of nitrogens with zero attached hydrogens (tertiary/aromatic N) is 1. The number of piperidine rings is 1. The van der Waals surface area contributed by atoms with Crippen LogP contribution < -0.4 is 5.73 Å². The molecule has 1 aromatic rings. The van der Waals surface area contributed by atoms with E-state index in [1.807, 2.05) is 29.2 Å². The molecule has 3 nitrogen and oxygen atoms in total. The Morgan fingerprint density at radius 3 is 3.00 bits per heavy atom. The fraction of sp³-hybridized carbons (Fsp3) is 0.533. The molecule has 0 bridgehead atoms. The highest BCUT2D eigenvalue weighted by atomic mass is 16.2. The van der Waals surface area contributed by atoms with E-state index in [0.29, 0.717) is 12.5 Å². The number of hydrogen-bond donors (Lipinski definition) is 1. The topological polar surface area (TPSA) is 46.3 Å². The number of hydrogen-bond acceptors (Lipinski definition) is 2. The molecule has 2 N–H and O–H groups in total. The van der Waals surface area contributed by atoms with Crippen LogP contribution in [0.4, 0.5) is 5.69 Å². The lowest BCUT2D eigenvalue weighted by molar-refractivity contribution is -0.134. The van der Waals surface area contributed by atoms with Crippen LogP contribution in [0.1, 0.15) is 38.2 Å². The van der Waals surface area contributed by atoms with Crippen LogP contribution in [0.3, 0.4) is 0 Å². The van der Waals surface area contributed by atoms with Crippen molar-refractivity contribution in [2.24, 2.45) is 0 Å². The Kier molecular flexibility index (Phi) is 4.24. The SMILES string of the molecule is CC1CCCCN1C(=O)CCc1cccc(N)c1. The third-order valence-corrected chi connectivity index (χ3v) is 3.70. The van der Waals surface area contributed by atoms with E-state index < -0.39 is 0 Å². The highest BCUT2D eigenvalue weighted by Crippen LogP contribution is 2.18. The highest BCUT2D eigenvalue weighted by molar-refractivity contribution is 5.76. The minimum absolute atomic E-state index is 0.282. The van der Waals surface area contributed by atoms with Gasteiger partial charge in [0.15, 0.2) is 0 Å². The fourth-order valence-electron chi connectivity index (χ4n) is 2.61. The zero-order chi connectivity index (χ0) is 13.0. The average Bonchev–Trinajstić information content (AvgIpc) is 2.37. The van der Waals surface area contributed by atoms with E-state index >= 15 is 0 Å². The van der Waals surface area contributed by atoms with Gasteiger partial charge in [-0.2, -0.15) is 0 Å². The Balaban J connectivity index is 1.88. The largest absolute Gasteiger partial charge is 0.399 e. The molecular formula is C15H22N2O. The Morgan fingerprint density at radius 1 is 1.44 bits per heavy atom. The third kappa shape index (κ3) is 3.25. The molecule has 0 aromatic heterocycles. The van der Waals surface area contributed by atoms with Gasteiger partial charge in [-0.1, -0.05) is 12.1 Å². The van der Waals surface area contributed by atoms with E-state index in [-0.39, 0.29) is 5.91 Å². The van der Waals surface area contributed by atoms with Crippen molar-refractivity contribution in [1.29, 1.82) is 0 Å². The van der Waals surface area contributed by atoms with Crippen LogP contribution in [-0.4, -0.2) is 23.4 Å². The first-order valence-corrected chi connectivity index (χ1v) is 6.80. The van der Waals surface area contributed by atoms with Crippen LogP contribution in [0, 0.1) is 0 Å². The van der Waals surface area contributed by atoms with Crippen molar-refractivity contribution in [3.05, 3.63) is 29.8 Å². The van der Waals surface area contributed by atoms with Gasteiger partial charge in [0.25, 0.3) is 0 Å². The number of nitrogens with two attached hydrogens (primary N) is 1. The molecule has 1 unspecified atom stereocenters. The molecule has 1 fully saturated rings. The van der Waals surface area contributed by atoms with Crippen LogP contribution in [0.5, 0.6) is 0 Å². The van der Waals surface area contributed by atoms with Crippen LogP contribution in [-0.2, 0) is 11.2 Å². The van der Waals surface area contributed by atoms with Gasteiger partial charge in [0.05, 0.1) is 0 Å². The number of nitrogen functional groups attached to an aromatic ring is 1. The number of amides is 1. The van der Waals surface area contributed by atoms with Gasteiger partial charge in [-0.05, 0) is 50.3 Å². The molecule has 0 saturated carbocycles. The molecule has 3 heteroatoms. The van der Waals surface area contributed by atoms with Gasteiger partial charge in [-0.15, -0.1) is 0 Å². The molecule has 1 atom stereocenters. The lowest BCUT2D eigenvalue weighted by atomic mass is 10.0. The van der Waals surface area contributed by atoms with Gasteiger partial charge in [0, 0.05) is 24.7 Å². The molecule has 1 aliphatic heterocycles. The number of anilines is 1. The molecule has 1 aliphatic rings. The second kappa shape index (κ2) is 5.89. The second-order valence-corrected chi connectivity index (χ2v) is 5.18. The molecule has 1 aromatic carbocycles. The van der Waals surface area contributed by atoms with Gasteiger partial charge in [-0.25, -0.2) is 0 Å². The minimum Gasteiger partial charge on any atom is -0.399 e. The van der Waals surface area contributed by atoms with Crippen molar-refractivity contribution in [3.8, 4) is 0 Å². The Morgan fingerprint density at radius 2 is 2.28 bits per heavy atom. The van der Waals surface area contributed by atoms with E-state index in [1.165, 1.54) is 6.42 Å². The number of carbonyl (C=O) groups is 1. The molecule has 2 rings (SSSR count). The maximum Gasteiger partial charge on any atom is 0.223 e. The third-order valence-electron chi connectivity index (χ3n) is 3.70. The summed E-state index contributed by atoms with van der Waals surface area (Å²) in [5.41, 5.74) is 7.65. The zero-order valence-electron chi connectivity index (χ0n) is 11.1. The normalized spacial score (nSPS) is 19.8. The van der Waals surface area contributed by atoms with Gasteiger partial charge >= 0.3 is 0 Å². The molecule has 98 valence electrons. The summed E-state index contributed by atoms with van der Waals surface area (Å²) in [7, 11) is 0. The highest BCUT2D eigenvalue weighted by Gasteiger charge is 2.22. The van der Waals surface area contributed by atoms with Gasteiger partial charge in [-0.3, -0.25) is 4.79 Å². The van der Waals surface area contributed by atoms with Crippen molar-refractivity contribution in [2.45, 2.75) is 45.1 Å². The quantitative estimate of drug-likeness (QED) is 0.833. The van der Waals surface area contributed by atoms with E-state index in [9.17, 15) is 4.79 Å². The average molecular weight is 246 g/mol. The Hall–Kier alpha value is -1.51. The summed E-state index contributed by atoms with van der Waals surface area (Å²) in [5, 5.41) is 0. The maximum absolute atomic E-state index is 12.2. The minimum atomic E-state index is 0.282. The molecule has 1 heterocycles. The van der Waals surface area contributed by atoms with Crippen LogP contribution in [0.2, 0.25) is 0 Å². The summed E-state index contributed by atoms with van der Waals surface area (Å²) >= 11 is 0. The standard InChI is InChI=1S/C15H22N2O/c1-12-5-2-3-10-17(12)15(18)9-8-13-6-4-7-14(16)11-13/h4,6-7,11-12H,2-3,5,8-10,16H2,1H3. The predicted octanol–water partition coefficient (Wildman–Crippen LogP) is 2.60. The van der Waals surface area contributed by atoms with Crippen molar-refractivity contribution < 1.29 is 4.79 Å². The summed E-state index contributed by atoms with van der Waals surface area (Å²) in [4.78, 5) is 14.2. The molecule has 18 heavy (non-hydrogen) atoms. The summed E-state index contributed by atoms with van der Waals surface area (Å²) in [6.45, 7) is 3.08. The maximum atomic E-state index is 12.2. The van der Waals surface area contributed by atoms with E-state index in [2.05, 4.69) is 6.92 Å². The first-order chi connectivity index (χ1) is 8.66. The lowest BCUT2D eigenvalue weighted by Crippen LogP contribution is -2.42. The van der Waals surface area contributed by atoms with Crippen molar-refractivity contribution in [1.82, 2.24) is 4.90 Å². The van der Waals surface area contributed by atoms with Crippen molar-refractivity contribution >= 4 is 11.6 Å². The summed E-state index contributed by atoms with van der Waals surface area (Å²) in [6.07, 6.45) is 4.92. The smallest absolute Gasteiger partial charge is 0.223 e. The molecule has 0 radical (unpaired) electrons. The monoisotopic (exact) mass is 246 g/mol. The van der Waals surface area contributed by atoms with Gasteiger partial charge in [0.1, 0.15) is 0 Å². The van der Waals surface area contributed by atoms with Crippen molar-refractivity contribution in [2.75, 3.05) is 12.3 Å². The summed E-state index contributed by atoms with van der Waals surface area (Å²) < 4.78 is 0. The molecular weight excluding hydrogens is 224 g/mol. The van der Waals surface area contributed by atoms with Crippen LogP contribution >= 0.6 is 0 Å². The lowest BCUT2D eigenvalue weighted by Gasteiger charge is -2.33. The number of benzene rings is 1. The van der Waals surface area contributed by atoms with Crippen LogP contribution in [0.25, 0.3) is 0 Å². The van der Waals surface area contributed by atoms with Gasteiger partial charge < -0.3 is 10.6 Å². The molecule has 1 saturated heterocycles.